The second-order valence-corrected chi connectivity index (χ2v) is 8.90. The van der Waals surface area contributed by atoms with Crippen LogP contribution in [0.15, 0.2) is 47.4 Å². The Morgan fingerprint density at radius 2 is 1.72 bits per heavy atom. The van der Waals surface area contributed by atoms with Crippen LogP contribution in [0.5, 0.6) is 0 Å². The summed E-state index contributed by atoms with van der Waals surface area (Å²) >= 11 is 19.8. The predicted octanol–water partition coefficient (Wildman–Crippen LogP) is 5.68. The van der Waals surface area contributed by atoms with Gasteiger partial charge in [-0.15, -0.1) is 11.8 Å². The van der Waals surface area contributed by atoms with E-state index in [2.05, 4.69) is 5.32 Å². The lowest BCUT2D eigenvalue weighted by Crippen LogP contribution is -2.46. The molecule has 0 saturated heterocycles. The molecule has 0 fully saturated rings. The minimum Gasteiger partial charge on any atom is -0.357 e. The van der Waals surface area contributed by atoms with E-state index in [0.29, 0.717) is 27.9 Å². The highest BCUT2D eigenvalue weighted by molar-refractivity contribution is 7.99. The van der Waals surface area contributed by atoms with Crippen LogP contribution in [0.4, 0.5) is 0 Å². The second-order valence-electron chi connectivity index (χ2n) is 6.45. The van der Waals surface area contributed by atoms with Crippen molar-refractivity contribution >= 4 is 58.4 Å². The highest BCUT2D eigenvalue weighted by Gasteiger charge is 2.25. The third kappa shape index (κ3) is 7.41. The average Bonchev–Trinajstić information content (AvgIpc) is 2.70. The number of nitrogens with one attached hydrogen (secondary N) is 1. The molecule has 2 aromatic carbocycles. The fourth-order valence-corrected chi connectivity index (χ4v) is 4.16. The first-order valence-corrected chi connectivity index (χ1v) is 11.3. The Balaban J connectivity index is 2.00. The average molecular weight is 474 g/mol. The zero-order valence-corrected chi connectivity index (χ0v) is 19.3. The molecule has 0 spiro atoms. The molecule has 0 heterocycles. The summed E-state index contributed by atoms with van der Waals surface area (Å²) in [5.41, 5.74) is 0.746. The molecule has 4 nitrogen and oxygen atoms in total. The normalized spacial score (nSPS) is 11.8. The number of benzene rings is 2. The van der Waals surface area contributed by atoms with E-state index in [1.165, 1.54) is 0 Å². The highest BCUT2D eigenvalue weighted by atomic mass is 35.5. The molecule has 1 atom stereocenters. The van der Waals surface area contributed by atoms with Gasteiger partial charge in [0, 0.05) is 40.0 Å². The maximum atomic E-state index is 12.9. The summed E-state index contributed by atoms with van der Waals surface area (Å²) in [6.07, 6.45) is 1.03. The van der Waals surface area contributed by atoms with Gasteiger partial charge < -0.3 is 10.2 Å². The molecule has 0 saturated carbocycles. The third-order valence-corrected chi connectivity index (χ3v) is 6.32. The SMILES string of the molecule is CNC(=O)[C@H](C)N(Cc1ccc(Cl)cc1Cl)C(=O)CCCSc1ccc(Cl)cc1. The summed E-state index contributed by atoms with van der Waals surface area (Å²) in [7, 11) is 1.56. The van der Waals surface area contributed by atoms with Crippen molar-refractivity contribution in [1.29, 1.82) is 0 Å². The first-order chi connectivity index (χ1) is 13.8. The summed E-state index contributed by atoms with van der Waals surface area (Å²) in [6.45, 7) is 1.96. The van der Waals surface area contributed by atoms with Crippen molar-refractivity contribution in [3.63, 3.8) is 0 Å². The minimum atomic E-state index is -0.608. The van der Waals surface area contributed by atoms with Gasteiger partial charge in [0.15, 0.2) is 0 Å². The lowest BCUT2D eigenvalue weighted by molar-refractivity contribution is -0.140. The number of likely N-dealkylation sites (N-methyl/N-ethyl adjacent to an activating group) is 1. The zero-order valence-electron chi connectivity index (χ0n) is 16.3. The fourth-order valence-electron chi connectivity index (χ4n) is 2.71. The highest BCUT2D eigenvalue weighted by Crippen LogP contribution is 2.24. The molecule has 29 heavy (non-hydrogen) atoms. The lowest BCUT2D eigenvalue weighted by Gasteiger charge is -2.28. The molecule has 0 bridgehead atoms. The number of nitrogens with zero attached hydrogens (tertiary/aromatic N) is 1. The smallest absolute Gasteiger partial charge is 0.242 e. The van der Waals surface area contributed by atoms with E-state index < -0.39 is 6.04 Å². The molecule has 0 radical (unpaired) electrons. The number of halogens is 3. The molecule has 2 rings (SSSR count). The third-order valence-electron chi connectivity index (χ3n) is 4.39. The van der Waals surface area contributed by atoms with Crippen molar-refractivity contribution in [2.45, 2.75) is 37.2 Å². The number of carbonyl (C=O) groups excluding carboxylic acids is 2. The van der Waals surface area contributed by atoms with Gasteiger partial charge in [-0.3, -0.25) is 9.59 Å². The summed E-state index contributed by atoms with van der Waals surface area (Å²) in [6, 6.07) is 12.1. The molecular weight excluding hydrogens is 451 g/mol. The Bertz CT molecular complexity index is 846. The van der Waals surface area contributed by atoms with Crippen molar-refractivity contribution in [2.24, 2.45) is 0 Å². The van der Waals surface area contributed by atoms with Crippen molar-refractivity contribution in [2.75, 3.05) is 12.8 Å². The van der Waals surface area contributed by atoms with E-state index in [1.807, 2.05) is 24.3 Å². The molecular formula is C21H23Cl3N2O2S. The van der Waals surface area contributed by atoms with Crippen LogP contribution >= 0.6 is 46.6 Å². The van der Waals surface area contributed by atoms with Gasteiger partial charge in [0.1, 0.15) is 6.04 Å². The summed E-state index contributed by atoms with van der Waals surface area (Å²) < 4.78 is 0. The molecule has 0 unspecified atom stereocenters. The summed E-state index contributed by atoms with van der Waals surface area (Å²) in [5, 5.41) is 4.29. The van der Waals surface area contributed by atoms with Crippen LogP contribution in [0.3, 0.4) is 0 Å². The van der Waals surface area contributed by atoms with Crippen LogP contribution < -0.4 is 5.32 Å². The van der Waals surface area contributed by atoms with Crippen LogP contribution in [0.2, 0.25) is 15.1 Å². The van der Waals surface area contributed by atoms with Gasteiger partial charge in [-0.25, -0.2) is 0 Å². The Hall–Kier alpha value is -1.40. The number of hydrogen-bond acceptors (Lipinski definition) is 3. The van der Waals surface area contributed by atoms with Crippen molar-refractivity contribution in [1.82, 2.24) is 10.2 Å². The summed E-state index contributed by atoms with van der Waals surface area (Å²) in [4.78, 5) is 27.7. The predicted molar refractivity (Wildman–Crippen MR) is 122 cm³/mol. The van der Waals surface area contributed by atoms with Gasteiger partial charge in [-0.1, -0.05) is 40.9 Å². The topological polar surface area (TPSA) is 49.4 Å². The van der Waals surface area contributed by atoms with Crippen LogP contribution in [-0.4, -0.2) is 35.6 Å². The maximum absolute atomic E-state index is 12.9. The van der Waals surface area contributed by atoms with E-state index in [0.717, 1.165) is 16.2 Å². The van der Waals surface area contributed by atoms with Crippen molar-refractivity contribution in [3.05, 3.63) is 63.1 Å². The van der Waals surface area contributed by atoms with Gasteiger partial charge in [-0.2, -0.15) is 0 Å². The largest absolute Gasteiger partial charge is 0.357 e. The van der Waals surface area contributed by atoms with Crippen LogP contribution in [0, 0.1) is 0 Å². The van der Waals surface area contributed by atoms with Crippen LogP contribution in [-0.2, 0) is 16.1 Å². The zero-order chi connectivity index (χ0) is 21.4. The van der Waals surface area contributed by atoms with Gasteiger partial charge in [0.05, 0.1) is 0 Å². The first kappa shape index (κ1) is 23.9. The molecule has 156 valence electrons. The van der Waals surface area contributed by atoms with Gasteiger partial charge in [-0.05, 0) is 61.1 Å². The van der Waals surface area contributed by atoms with E-state index in [1.54, 1.807) is 48.8 Å². The quantitative estimate of drug-likeness (QED) is 0.376. The molecule has 2 aromatic rings. The molecule has 0 aliphatic rings. The summed E-state index contributed by atoms with van der Waals surface area (Å²) in [5.74, 6) is 0.472. The van der Waals surface area contributed by atoms with Gasteiger partial charge in [0.2, 0.25) is 11.8 Å². The molecule has 1 N–H and O–H groups in total. The van der Waals surface area contributed by atoms with Crippen molar-refractivity contribution in [3.8, 4) is 0 Å². The van der Waals surface area contributed by atoms with E-state index in [-0.39, 0.29) is 18.4 Å². The fraction of sp³-hybridized carbons (Fsp3) is 0.333. The molecule has 0 aliphatic carbocycles. The number of carbonyl (C=O) groups is 2. The number of hydrogen-bond donors (Lipinski definition) is 1. The molecule has 0 aliphatic heterocycles. The van der Waals surface area contributed by atoms with Crippen LogP contribution in [0.25, 0.3) is 0 Å². The van der Waals surface area contributed by atoms with Crippen LogP contribution in [0.1, 0.15) is 25.3 Å². The lowest BCUT2D eigenvalue weighted by atomic mass is 10.1. The van der Waals surface area contributed by atoms with Crippen molar-refractivity contribution < 1.29 is 9.59 Å². The van der Waals surface area contributed by atoms with E-state index in [4.69, 9.17) is 34.8 Å². The Morgan fingerprint density at radius 1 is 1.07 bits per heavy atom. The van der Waals surface area contributed by atoms with Gasteiger partial charge >= 0.3 is 0 Å². The Labute approximate surface area is 190 Å². The maximum Gasteiger partial charge on any atom is 0.242 e. The van der Waals surface area contributed by atoms with E-state index in [9.17, 15) is 9.59 Å². The second kappa shape index (κ2) is 11.7. The molecule has 2 amide bonds. The standard InChI is InChI=1S/C21H23Cl3N2O2S/c1-14(21(28)25-2)26(13-15-5-6-17(23)12-19(15)24)20(27)4-3-11-29-18-9-7-16(22)8-10-18/h5-10,12,14H,3-4,11,13H2,1-2H3,(H,25,28)/t14-/m0/s1. The molecule has 8 heteroatoms. The monoisotopic (exact) mass is 472 g/mol. The Morgan fingerprint density at radius 3 is 2.34 bits per heavy atom. The Kier molecular flexibility index (Phi) is 9.63. The van der Waals surface area contributed by atoms with Gasteiger partial charge in [0.25, 0.3) is 0 Å². The first-order valence-electron chi connectivity index (χ1n) is 9.15. The van der Waals surface area contributed by atoms with E-state index >= 15 is 0 Å². The molecule has 0 aromatic heterocycles. The number of thioether (sulfide) groups is 1. The number of amides is 2. The minimum absolute atomic E-state index is 0.0937. The number of rotatable bonds is 9.